The van der Waals surface area contributed by atoms with E-state index in [0.717, 1.165) is 6.54 Å². The number of carbonyl (C=O) groups is 1. The molecule has 2 aromatic rings. The predicted octanol–water partition coefficient (Wildman–Crippen LogP) is 0.776. The average Bonchev–Trinajstić information content (AvgIpc) is 3.22. The van der Waals surface area contributed by atoms with E-state index in [9.17, 15) is 4.79 Å². The summed E-state index contributed by atoms with van der Waals surface area (Å²) in [5.41, 5.74) is 0.282. The van der Waals surface area contributed by atoms with Crippen molar-refractivity contribution in [1.82, 2.24) is 20.1 Å². The van der Waals surface area contributed by atoms with E-state index in [1.54, 1.807) is 17.8 Å². The lowest BCUT2D eigenvalue weighted by Gasteiger charge is -2.19. The van der Waals surface area contributed by atoms with Gasteiger partial charge in [0.15, 0.2) is 17.8 Å². The maximum atomic E-state index is 12.2. The van der Waals surface area contributed by atoms with Gasteiger partial charge in [0.25, 0.3) is 5.91 Å². The van der Waals surface area contributed by atoms with Crippen LogP contribution in [0, 0.1) is 6.92 Å². The molecular formula is C14H18N4O4. The Labute approximate surface area is 127 Å². The van der Waals surface area contributed by atoms with Gasteiger partial charge in [-0.1, -0.05) is 0 Å². The van der Waals surface area contributed by atoms with Crippen molar-refractivity contribution in [3.05, 3.63) is 30.2 Å². The van der Waals surface area contributed by atoms with Gasteiger partial charge in [-0.15, -0.1) is 0 Å². The highest BCUT2D eigenvalue weighted by Gasteiger charge is 2.32. The monoisotopic (exact) mass is 306 g/mol. The minimum atomic E-state index is -0.292. The molecule has 2 aromatic heterocycles. The van der Waals surface area contributed by atoms with Crippen LogP contribution in [0.3, 0.4) is 0 Å². The number of amides is 1. The van der Waals surface area contributed by atoms with E-state index in [1.807, 2.05) is 13.1 Å². The summed E-state index contributed by atoms with van der Waals surface area (Å²) in [6.45, 7) is 5.28. The lowest BCUT2D eigenvalue weighted by molar-refractivity contribution is 0.0898. The largest absolute Gasteiger partial charge is 0.482 e. The zero-order valence-electron chi connectivity index (χ0n) is 12.5. The van der Waals surface area contributed by atoms with E-state index >= 15 is 0 Å². The van der Waals surface area contributed by atoms with Crippen LogP contribution in [0.2, 0.25) is 0 Å². The summed E-state index contributed by atoms with van der Waals surface area (Å²) in [6, 6.07) is -0.242. The van der Waals surface area contributed by atoms with Gasteiger partial charge in [-0.3, -0.25) is 9.48 Å². The van der Waals surface area contributed by atoms with E-state index in [-0.39, 0.29) is 23.7 Å². The number of hydrogen-bond donors (Lipinski definition) is 1. The highest BCUT2D eigenvalue weighted by molar-refractivity contribution is 5.93. The maximum absolute atomic E-state index is 12.2. The minimum Gasteiger partial charge on any atom is -0.482 e. The molecule has 0 unspecified atom stereocenters. The molecule has 8 nitrogen and oxygen atoms in total. The fourth-order valence-electron chi connectivity index (χ4n) is 2.30. The molecule has 0 aliphatic carbocycles. The van der Waals surface area contributed by atoms with Crippen LogP contribution in [-0.4, -0.2) is 46.0 Å². The molecule has 2 atom stereocenters. The third-order valence-corrected chi connectivity index (χ3v) is 3.53. The Morgan fingerprint density at radius 2 is 2.41 bits per heavy atom. The molecule has 1 N–H and O–H groups in total. The standard InChI is InChI=1S/C14H18N4O4/c1-3-18-5-10(4-16-18)22-12-7-20-6-11(12)17-14(19)13-9(2)21-8-15-13/h4-5,8,11-12H,3,6-7H2,1-2H3,(H,17,19)/t11-,12+/m0/s1. The molecule has 3 heterocycles. The van der Waals surface area contributed by atoms with Crippen LogP contribution >= 0.6 is 0 Å². The van der Waals surface area contributed by atoms with Gasteiger partial charge in [0.1, 0.15) is 11.9 Å². The van der Waals surface area contributed by atoms with Gasteiger partial charge >= 0.3 is 0 Å². The van der Waals surface area contributed by atoms with Gasteiger partial charge < -0.3 is 19.2 Å². The molecule has 0 aromatic carbocycles. The van der Waals surface area contributed by atoms with Crippen molar-refractivity contribution < 1.29 is 18.7 Å². The molecule has 22 heavy (non-hydrogen) atoms. The maximum Gasteiger partial charge on any atom is 0.273 e. The highest BCUT2D eigenvalue weighted by atomic mass is 16.5. The smallest absolute Gasteiger partial charge is 0.273 e. The second-order valence-corrected chi connectivity index (χ2v) is 5.06. The van der Waals surface area contributed by atoms with Crippen LogP contribution in [0.4, 0.5) is 0 Å². The zero-order chi connectivity index (χ0) is 15.5. The number of oxazole rings is 1. The Bertz CT molecular complexity index is 651. The van der Waals surface area contributed by atoms with Gasteiger partial charge in [0.05, 0.1) is 31.6 Å². The van der Waals surface area contributed by atoms with E-state index in [1.165, 1.54) is 6.39 Å². The number of hydrogen-bond acceptors (Lipinski definition) is 6. The molecule has 0 spiro atoms. The van der Waals surface area contributed by atoms with E-state index in [2.05, 4.69) is 15.4 Å². The van der Waals surface area contributed by atoms with Crippen LogP contribution in [0.1, 0.15) is 23.2 Å². The highest BCUT2D eigenvalue weighted by Crippen LogP contribution is 2.17. The molecule has 0 bridgehead atoms. The molecule has 1 fully saturated rings. The van der Waals surface area contributed by atoms with Gasteiger partial charge in [-0.25, -0.2) is 4.98 Å². The Morgan fingerprint density at radius 1 is 1.55 bits per heavy atom. The Balaban J connectivity index is 1.63. The molecule has 0 radical (unpaired) electrons. The molecule has 1 aliphatic heterocycles. The average molecular weight is 306 g/mol. The Hall–Kier alpha value is -2.35. The summed E-state index contributed by atoms with van der Waals surface area (Å²) < 4.78 is 18.1. The fourth-order valence-corrected chi connectivity index (χ4v) is 2.30. The van der Waals surface area contributed by atoms with Gasteiger partial charge in [0, 0.05) is 6.54 Å². The normalized spacial score (nSPS) is 21.0. The molecule has 0 saturated carbocycles. The van der Waals surface area contributed by atoms with Crippen LogP contribution in [0.15, 0.2) is 23.2 Å². The number of aryl methyl sites for hydroxylation is 2. The first kappa shape index (κ1) is 14.6. The van der Waals surface area contributed by atoms with Gasteiger partial charge in [0.2, 0.25) is 0 Å². The van der Waals surface area contributed by atoms with E-state index in [4.69, 9.17) is 13.9 Å². The van der Waals surface area contributed by atoms with E-state index in [0.29, 0.717) is 24.7 Å². The number of carbonyl (C=O) groups excluding carboxylic acids is 1. The fraction of sp³-hybridized carbons (Fsp3) is 0.500. The number of nitrogens with zero attached hydrogens (tertiary/aromatic N) is 3. The molecule has 8 heteroatoms. The van der Waals surface area contributed by atoms with Crippen molar-refractivity contribution in [3.8, 4) is 5.75 Å². The quantitative estimate of drug-likeness (QED) is 0.877. The van der Waals surface area contributed by atoms with Gasteiger partial charge in [-0.05, 0) is 13.8 Å². The number of nitrogens with one attached hydrogen (secondary N) is 1. The molecule has 1 saturated heterocycles. The molecule has 3 rings (SSSR count). The third-order valence-electron chi connectivity index (χ3n) is 3.53. The summed E-state index contributed by atoms with van der Waals surface area (Å²) in [7, 11) is 0. The van der Waals surface area contributed by atoms with Crippen molar-refractivity contribution >= 4 is 5.91 Å². The lowest BCUT2D eigenvalue weighted by atomic mass is 10.2. The van der Waals surface area contributed by atoms with Crippen molar-refractivity contribution in [2.45, 2.75) is 32.5 Å². The third kappa shape index (κ3) is 2.96. The summed E-state index contributed by atoms with van der Waals surface area (Å²) in [5.74, 6) is 0.854. The first-order valence-electron chi connectivity index (χ1n) is 7.15. The number of rotatable bonds is 5. The van der Waals surface area contributed by atoms with Crippen LogP contribution in [0.5, 0.6) is 5.75 Å². The number of ether oxygens (including phenoxy) is 2. The summed E-state index contributed by atoms with van der Waals surface area (Å²) >= 11 is 0. The van der Waals surface area contributed by atoms with Crippen LogP contribution in [0.25, 0.3) is 0 Å². The molecule has 1 aliphatic rings. The zero-order valence-corrected chi connectivity index (χ0v) is 12.5. The molecule has 118 valence electrons. The second-order valence-electron chi connectivity index (χ2n) is 5.06. The van der Waals surface area contributed by atoms with Crippen molar-refractivity contribution in [3.63, 3.8) is 0 Å². The second kappa shape index (κ2) is 6.18. The van der Waals surface area contributed by atoms with Crippen LogP contribution < -0.4 is 10.1 Å². The Morgan fingerprint density at radius 3 is 3.09 bits per heavy atom. The minimum absolute atomic E-state index is 0.242. The summed E-state index contributed by atoms with van der Waals surface area (Å²) in [5, 5.41) is 7.03. The van der Waals surface area contributed by atoms with Crippen molar-refractivity contribution in [2.24, 2.45) is 0 Å². The topological polar surface area (TPSA) is 91.4 Å². The predicted molar refractivity (Wildman–Crippen MR) is 75.6 cm³/mol. The first-order valence-corrected chi connectivity index (χ1v) is 7.15. The molecular weight excluding hydrogens is 288 g/mol. The summed E-state index contributed by atoms with van der Waals surface area (Å²) in [6.07, 6.45) is 4.47. The van der Waals surface area contributed by atoms with Crippen molar-refractivity contribution in [1.29, 1.82) is 0 Å². The lowest BCUT2D eigenvalue weighted by Crippen LogP contribution is -2.45. The number of aromatic nitrogens is 3. The van der Waals surface area contributed by atoms with Crippen LogP contribution in [-0.2, 0) is 11.3 Å². The van der Waals surface area contributed by atoms with Crippen molar-refractivity contribution in [2.75, 3.05) is 13.2 Å². The SMILES string of the molecule is CCn1cc(O[C@@H]2COC[C@@H]2NC(=O)c2ncoc2C)cn1. The first-order chi connectivity index (χ1) is 10.7. The Kier molecular flexibility index (Phi) is 4.10. The van der Waals surface area contributed by atoms with E-state index < -0.39 is 0 Å². The van der Waals surface area contributed by atoms with Gasteiger partial charge in [-0.2, -0.15) is 5.10 Å². The molecule has 1 amide bonds. The summed E-state index contributed by atoms with van der Waals surface area (Å²) in [4.78, 5) is 16.1.